The lowest BCUT2D eigenvalue weighted by Crippen LogP contribution is -2.14. The van der Waals surface area contributed by atoms with Gasteiger partial charge in [0.2, 0.25) is 5.91 Å². The molecule has 0 bridgehead atoms. The van der Waals surface area contributed by atoms with Gasteiger partial charge in [0.15, 0.2) is 15.0 Å². The molecule has 1 amide bonds. The van der Waals surface area contributed by atoms with Gasteiger partial charge in [-0.25, -0.2) is 13.4 Å². The molecule has 0 aliphatic heterocycles. The molecule has 0 aliphatic carbocycles. The molecule has 2 aromatic carbocycles. The predicted molar refractivity (Wildman–Crippen MR) is 106 cm³/mol. The quantitative estimate of drug-likeness (QED) is 0.653. The number of hydrogen-bond donors (Lipinski definition) is 1. The lowest BCUT2D eigenvalue weighted by molar-refractivity contribution is -0.116. The number of anilines is 1. The first-order valence-corrected chi connectivity index (χ1v) is 10.8. The summed E-state index contributed by atoms with van der Waals surface area (Å²) in [5.41, 5.74) is 1.75. The zero-order chi connectivity index (χ0) is 18.7. The van der Waals surface area contributed by atoms with Crippen molar-refractivity contribution in [2.24, 2.45) is 0 Å². The van der Waals surface area contributed by atoms with Gasteiger partial charge in [-0.1, -0.05) is 41.1 Å². The van der Waals surface area contributed by atoms with Gasteiger partial charge < -0.3 is 5.32 Å². The molecule has 5 nitrogen and oxygen atoms in total. The van der Waals surface area contributed by atoms with E-state index in [9.17, 15) is 13.2 Å². The minimum absolute atomic E-state index is 0.0704. The highest BCUT2D eigenvalue weighted by Crippen LogP contribution is 2.31. The van der Waals surface area contributed by atoms with Crippen molar-refractivity contribution in [2.45, 2.75) is 24.7 Å². The fourth-order valence-electron chi connectivity index (χ4n) is 2.56. The van der Waals surface area contributed by atoms with E-state index in [0.29, 0.717) is 10.2 Å². The number of carbonyl (C=O) groups excluding carboxylic acids is 1. The van der Waals surface area contributed by atoms with Crippen LogP contribution in [0.2, 0.25) is 5.02 Å². The van der Waals surface area contributed by atoms with Gasteiger partial charge in [0.25, 0.3) is 0 Å². The van der Waals surface area contributed by atoms with Crippen molar-refractivity contribution in [3.05, 3.63) is 53.1 Å². The first-order chi connectivity index (χ1) is 12.3. The summed E-state index contributed by atoms with van der Waals surface area (Å²) in [7, 11) is -3.37. The molecule has 0 atom stereocenters. The van der Waals surface area contributed by atoms with Gasteiger partial charge in [0, 0.05) is 11.4 Å². The molecule has 136 valence electrons. The number of thiazole rings is 1. The molecule has 1 heterocycles. The molecule has 0 unspecified atom stereocenters. The molecule has 0 saturated heterocycles. The lowest BCUT2D eigenvalue weighted by atomic mass is 10.2. The summed E-state index contributed by atoms with van der Waals surface area (Å²) < 4.78 is 25.3. The largest absolute Gasteiger partial charge is 0.302 e. The Hall–Kier alpha value is -1.96. The molecule has 1 aromatic heterocycles. The number of fused-ring (bicyclic) bond motifs is 1. The Balaban J connectivity index is 1.59. The van der Waals surface area contributed by atoms with E-state index in [1.165, 1.54) is 11.3 Å². The maximum Gasteiger partial charge on any atom is 0.226 e. The smallest absolute Gasteiger partial charge is 0.226 e. The summed E-state index contributed by atoms with van der Waals surface area (Å²) in [6, 6.07) is 11.9. The van der Waals surface area contributed by atoms with E-state index >= 15 is 0 Å². The Labute approximate surface area is 160 Å². The minimum Gasteiger partial charge on any atom is -0.302 e. The highest BCUT2D eigenvalue weighted by Gasteiger charge is 2.15. The number of rotatable bonds is 6. The van der Waals surface area contributed by atoms with Gasteiger partial charge in [0.05, 0.1) is 20.9 Å². The van der Waals surface area contributed by atoms with Crippen LogP contribution in [0.4, 0.5) is 5.13 Å². The van der Waals surface area contributed by atoms with Crippen molar-refractivity contribution < 1.29 is 13.2 Å². The molecule has 3 rings (SSSR count). The van der Waals surface area contributed by atoms with Gasteiger partial charge in [-0.2, -0.15) is 0 Å². The summed E-state index contributed by atoms with van der Waals surface area (Å²) in [4.78, 5) is 16.8. The molecule has 0 fully saturated rings. The Morgan fingerprint density at radius 1 is 1.23 bits per heavy atom. The van der Waals surface area contributed by atoms with Crippen LogP contribution in [-0.2, 0) is 14.6 Å². The molecule has 0 saturated carbocycles. The number of nitrogens with one attached hydrogen (secondary N) is 1. The van der Waals surface area contributed by atoms with Crippen molar-refractivity contribution >= 4 is 54.0 Å². The van der Waals surface area contributed by atoms with Gasteiger partial charge in [-0.15, -0.1) is 0 Å². The van der Waals surface area contributed by atoms with E-state index < -0.39 is 9.84 Å². The van der Waals surface area contributed by atoms with Crippen molar-refractivity contribution in [3.63, 3.8) is 0 Å². The molecule has 8 heteroatoms. The average molecular weight is 409 g/mol. The first-order valence-electron chi connectivity index (χ1n) is 7.99. The van der Waals surface area contributed by atoms with Crippen molar-refractivity contribution in [1.29, 1.82) is 0 Å². The average Bonchev–Trinajstić information content (AvgIpc) is 2.98. The van der Waals surface area contributed by atoms with Crippen LogP contribution in [0.25, 0.3) is 10.2 Å². The molecule has 0 aliphatic rings. The second-order valence-electron chi connectivity index (χ2n) is 5.87. The molecule has 26 heavy (non-hydrogen) atoms. The third-order valence-electron chi connectivity index (χ3n) is 3.82. The maximum atomic E-state index is 12.2. The van der Waals surface area contributed by atoms with Crippen LogP contribution in [0.5, 0.6) is 0 Å². The second-order valence-corrected chi connectivity index (χ2v) is 9.45. The predicted octanol–water partition coefficient (Wildman–Crippen LogP) is 4.45. The number of amides is 1. The van der Waals surface area contributed by atoms with Gasteiger partial charge in [-0.3, -0.25) is 4.79 Å². The van der Waals surface area contributed by atoms with Gasteiger partial charge in [0.1, 0.15) is 0 Å². The van der Waals surface area contributed by atoms with Gasteiger partial charge >= 0.3 is 0 Å². The highest BCUT2D eigenvalue weighted by molar-refractivity contribution is 7.91. The number of carbonyl (C=O) groups is 1. The number of nitrogens with zero attached hydrogens (tertiary/aromatic N) is 1. The van der Waals surface area contributed by atoms with Crippen LogP contribution >= 0.6 is 22.9 Å². The monoisotopic (exact) mass is 408 g/mol. The van der Waals surface area contributed by atoms with Crippen LogP contribution in [-0.4, -0.2) is 25.1 Å². The lowest BCUT2D eigenvalue weighted by Gasteiger charge is -2.04. The Bertz CT molecular complexity index is 1050. The van der Waals surface area contributed by atoms with Crippen LogP contribution in [0, 0.1) is 6.92 Å². The number of aryl methyl sites for hydroxylation is 1. The highest BCUT2D eigenvalue weighted by atomic mass is 35.5. The SMILES string of the molecule is Cc1cc(Cl)cc2sc(NC(=O)CCCS(=O)(=O)c3ccccc3)nc12. The van der Waals surface area contributed by atoms with Crippen molar-refractivity contribution in [3.8, 4) is 0 Å². The molecule has 0 spiro atoms. The topological polar surface area (TPSA) is 76.1 Å². The standard InChI is InChI=1S/C18H17ClN2O3S2/c1-12-10-13(19)11-15-17(12)21-18(25-15)20-16(22)8-5-9-26(23,24)14-6-3-2-4-7-14/h2-4,6-7,10-11H,5,8-9H2,1H3,(H,20,21,22). The van der Waals surface area contributed by atoms with E-state index in [1.54, 1.807) is 30.3 Å². The maximum absolute atomic E-state index is 12.2. The fourth-order valence-corrected chi connectivity index (χ4v) is 5.23. The molecule has 1 N–H and O–H groups in total. The normalized spacial score (nSPS) is 11.6. The second kappa shape index (κ2) is 7.73. The summed E-state index contributed by atoms with van der Waals surface area (Å²) >= 11 is 7.38. The Morgan fingerprint density at radius 3 is 2.69 bits per heavy atom. The van der Waals surface area contributed by atoms with Crippen LogP contribution < -0.4 is 5.32 Å². The third kappa shape index (κ3) is 4.41. The zero-order valence-electron chi connectivity index (χ0n) is 14.0. The van der Waals surface area contributed by atoms with E-state index in [2.05, 4.69) is 10.3 Å². The minimum atomic E-state index is -3.37. The number of aromatic nitrogens is 1. The van der Waals surface area contributed by atoms with Crippen LogP contribution in [0.1, 0.15) is 18.4 Å². The summed E-state index contributed by atoms with van der Waals surface area (Å²) in [6.07, 6.45) is 0.362. The number of sulfone groups is 1. The number of benzene rings is 2. The van der Waals surface area contributed by atoms with Crippen LogP contribution in [0.3, 0.4) is 0 Å². The van der Waals surface area contributed by atoms with Crippen LogP contribution in [0.15, 0.2) is 47.4 Å². The fraction of sp³-hybridized carbons (Fsp3) is 0.222. The molecule has 3 aromatic rings. The molecular formula is C18H17ClN2O3S2. The molecule has 0 radical (unpaired) electrons. The van der Waals surface area contributed by atoms with E-state index in [4.69, 9.17) is 11.6 Å². The molecular weight excluding hydrogens is 392 g/mol. The summed E-state index contributed by atoms with van der Waals surface area (Å²) in [5, 5.41) is 3.85. The van der Waals surface area contributed by atoms with Crippen molar-refractivity contribution in [2.75, 3.05) is 11.1 Å². The summed E-state index contributed by atoms with van der Waals surface area (Å²) in [5.74, 6) is -0.324. The number of hydrogen-bond acceptors (Lipinski definition) is 5. The van der Waals surface area contributed by atoms with Crippen molar-refractivity contribution in [1.82, 2.24) is 4.98 Å². The van der Waals surface area contributed by atoms with E-state index in [1.807, 2.05) is 19.1 Å². The number of halogens is 1. The third-order valence-corrected chi connectivity index (χ3v) is 6.77. The van der Waals surface area contributed by atoms with E-state index in [0.717, 1.165) is 15.8 Å². The Kier molecular flexibility index (Phi) is 5.60. The Morgan fingerprint density at radius 2 is 1.96 bits per heavy atom. The first kappa shape index (κ1) is 18.8. The van der Waals surface area contributed by atoms with Gasteiger partial charge in [-0.05, 0) is 43.2 Å². The summed E-state index contributed by atoms with van der Waals surface area (Å²) in [6.45, 7) is 1.91. The zero-order valence-corrected chi connectivity index (χ0v) is 16.4. The van der Waals surface area contributed by atoms with E-state index in [-0.39, 0.29) is 29.4 Å².